The molecule has 0 atom stereocenters. The zero-order valence-corrected chi connectivity index (χ0v) is 11.2. The number of nitrogens with zero attached hydrogens (tertiary/aromatic N) is 2. The third-order valence-corrected chi connectivity index (χ3v) is 3.81. The van der Waals surface area contributed by atoms with E-state index >= 15 is 0 Å². The molecule has 0 unspecified atom stereocenters. The van der Waals surface area contributed by atoms with Crippen molar-refractivity contribution in [3.8, 4) is 0 Å². The molecule has 1 aliphatic heterocycles. The van der Waals surface area contributed by atoms with Gasteiger partial charge in [0.15, 0.2) is 0 Å². The molecule has 1 saturated heterocycles. The van der Waals surface area contributed by atoms with Gasteiger partial charge in [-0.15, -0.1) is 0 Å². The summed E-state index contributed by atoms with van der Waals surface area (Å²) in [5, 5.41) is 1.10. The Morgan fingerprint density at radius 2 is 2.05 bits per heavy atom. The Kier molecular flexibility index (Phi) is 3.25. The van der Waals surface area contributed by atoms with Crippen LogP contribution >= 0.6 is 0 Å². The molecule has 100 valence electrons. The van der Waals surface area contributed by atoms with E-state index in [9.17, 15) is 4.79 Å². The number of likely N-dealkylation sites (N-methyl/N-ethyl adjacent to an activating group) is 1. The maximum atomic E-state index is 12.5. The fourth-order valence-electron chi connectivity index (χ4n) is 2.62. The molecule has 2 aromatic rings. The molecule has 0 spiro atoms. The predicted molar refractivity (Wildman–Crippen MR) is 76.3 cm³/mol. The van der Waals surface area contributed by atoms with Crippen molar-refractivity contribution in [1.29, 1.82) is 0 Å². The molecule has 1 aromatic carbocycles. The average molecular weight is 257 g/mol. The highest BCUT2D eigenvalue weighted by molar-refractivity contribution is 5.98. The number of aromatic nitrogens is 1. The van der Waals surface area contributed by atoms with Gasteiger partial charge in [-0.2, -0.15) is 0 Å². The highest BCUT2D eigenvalue weighted by atomic mass is 16.2. The molecule has 1 N–H and O–H groups in total. The molecule has 1 aromatic heterocycles. The summed E-state index contributed by atoms with van der Waals surface area (Å²) in [5.41, 5.74) is 1.86. The van der Waals surface area contributed by atoms with Crippen molar-refractivity contribution >= 4 is 16.8 Å². The summed E-state index contributed by atoms with van der Waals surface area (Å²) < 4.78 is 0. The minimum Gasteiger partial charge on any atom is -0.361 e. The number of carbonyl (C=O) groups excluding carboxylic acids is 1. The molecule has 1 aliphatic rings. The lowest BCUT2D eigenvalue weighted by Crippen LogP contribution is -2.34. The van der Waals surface area contributed by atoms with E-state index in [-0.39, 0.29) is 5.91 Å². The van der Waals surface area contributed by atoms with E-state index in [1.807, 2.05) is 35.4 Å². The molecule has 2 heterocycles. The zero-order chi connectivity index (χ0) is 13.2. The Balaban J connectivity index is 1.82. The van der Waals surface area contributed by atoms with Crippen LogP contribution in [-0.2, 0) is 0 Å². The number of hydrogen-bond acceptors (Lipinski definition) is 2. The molecular formula is C15H19N3O. The second-order valence-electron chi connectivity index (χ2n) is 5.23. The lowest BCUT2D eigenvalue weighted by atomic mass is 10.1. The van der Waals surface area contributed by atoms with Gasteiger partial charge < -0.3 is 14.8 Å². The highest BCUT2D eigenvalue weighted by Gasteiger charge is 2.18. The van der Waals surface area contributed by atoms with Crippen molar-refractivity contribution in [3.63, 3.8) is 0 Å². The van der Waals surface area contributed by atoms with E-state index in [1.165, 1.54) is 0 Å². The number of amides is 1. The quantitative estimate of drug-likeness (QED) is 0.848. The second kappa shape index (κ2) is 5.05. The van der Waals surface area contributed by atoms with Crippen molar-refractivity contribution in [1.82, 2.24) is 14.8 Å². The van der Waals surface area contributed by atoms with Gasteiger partial charge in [0.05, 0.1) is 0 Å². The van der Waals surface area contributed by atoms with E-state index in [0.29, 0.717) is 0 Å². The van der Waals surface area contributed by atoms with Crippen LogP contribution in [-0.4, -0.2) is 53.9 Å². The van der Waals surface area contributed by atoms with Crippen molar-refractivity contribution in [3.05, 3.63) is 36.0 Å². The predicted octanol–water partition coefficient (Wildman–Crippen LogP) is 1.95. The molecule has 4 nitrogen and oxygen atoms in total. The molecular weight excluding hydrogens is 238 g/mol. The Hall–Kier alpha value is -1.81. The maximum absolute atomic E-state index is 12.5. The number of hydrogen-bond donors (Lipinski definition) is 1. The third kappa shape index (κ3) is 2.49. The summed E-state index contributed by atoms with van der Waals surface area (Å²) >= 11 is 0. The van der Waals surface area contributed by atoms with Crippen molar-refractivity contribution < 1.29 is 4.79 Å². The van der Waals surface area contributed by atoms with Crippen LogP contribution in [0.4, 0.5) is 0 Å². The summed E-state index contributed by atoms with van der Waals surface area (Å²) in [4.78, 5) is 19.9. The number of benzene rings is 1. The van der Waals surface area contributed by atoms with E-state index in [2.05, 4.69) is 16.9 Å². The molecule has 0 aliphatic carbocycles. The van der Waals surface area contributed by atoms with Crippen LogP contribution in [0.15, 0.2) is 30.5 Å². The fraction of sp³-hybridized carbons (Fsp3) is 0.400. The fourth-order valence-corrected chi connectivity index (χ4v) is 2.62. The Bertz CT molecular complexity index is 590. The SMILES string of the molecule is CN1CCCN(C(=O)c2ccc3[nH]ccc3c2)CC1. The molecule has 3 rings (SSSR count). The number of fused-ring (bicyclic) bond motifs is 1. The van der Waals surface area contributed by atoms with Crippen LogP contribution in [0, 0.1) is 0 Å². The first-order valence-electron chi connectivity index (χ1n) is 6.79. The monoisotopic (exact) mass is 257 g/mol. The number of nitrogens with one attached hydrogen (secondary N) is 1. The molecule has 0 radical (unpaired) electrons. The van der Waals surface area contributed by atoms with Gasteiger partial charge >= 0.3 is 0 Å². The summed E-state index contributed by atoms with van der Waals surface area (Å²) in [6, 6.07) is 7.87. The maximum Gasteiger partial charge on any atom is 0.253 e. The van der Waals surface area contributed by atoms with Gasteiger partial charge in [0, 0.05) is 42.3 Å². The summed E-state index contributed by atoms with van der Waals surface area (Å²) in [6.07, 6.45) is 2.95. The van der Waals surface area contributed by atoms with Gasteiger partial charge in [0.1, 0.15) is 0 Å². The first kappa shape index (κ1) is 12.2. The number of aromatic amines is 1. The third-order valence-electron chi connectivity index (χ3n) is 3.81. The molecule has 1 amide bonds. The highest BCUT2D eigenvalue weighted by Crippen LogP contribution is 2.16. The first-order valence-corrected chi connectivity index (χ1v) is 6.79. The normalized spacial score (nSPS) is 17.6. The van der Waals surface area contributed by atoms with Crippen LogP contribution in [0.1, 0.15) is 16.8 Å². The number of rotatable bonds is 1. The van der Waals surface area contributed by atoms with Crippen molar-refractivity contribution in [2.24, 2.45) is 0 Å². The number of H-pyrrole nitrogens is 1. The largest absolute Gasteiger partial charge is 0.361 e. The second-order valence-corrected chi connectivity index (χ2v) is 5.23. The molecule has 4 heteroatoms. The van der Waals surface area contributed by atoms with E-state index < -0.39 is 0 Å². The molecule has 0 saturated carbocycles. The standard InChI is InChI=1S/C15H19N3O/c1-17-7-2-8-18(10-9-17)15(19)13-3-4-14-12(11-13)5-6-16-14/h3-6,11,16H,2,7-10H2,1H3. The minimum atomic E-state index is 0.151. The van der Waals surface area contributed by atoms with E-state index in [0.717, 1.165) is 49.1 Å². The summed E-state index contributed by atoms with van der Waals surface area (Å²) in [5.74, 6) is 0.151. The van der Waals surface area contributed by atoms with Gasteiger partial charge in [-0.3, -0.25) is 4.79 Å². The summed E-state index contributed by atoms with van der Waals surface area (Å²) in [7, 11) is 2.11. The van der Waals surface area contributed by atoms with Crippen molar-refractivity contribution in [2.75, 3.05) is 33.2 Å². The van der Waals surface area contributed by atoms with Gasteiger partial charge in [0.25, 0.3) is 5.91 Å². The molecule has 19 heavy (non-hydrogen) atoms. The average Bonchev–Trinajstić information content (AvgIpc) is 2.78. The van der Waals surface area contributed by atoms with E-state index in [4.69, 9.17) is 0 Å². The molecule has 0 bridgehead atoms. The lowest BCUT2D eigenvalue weighted by molar-refractivity contribution is 0.0763. The van der Waals surface area contributed by atoms with Gasteiger partial charge in [-0.25, -0.2) is 0 Å². The zero-order valence-electron chi connectivity index (χ0n) is 11.2. The van der Waals surface area contributed by atoms with Crippen LogP contribution in [0.2, 0.25) is 0 Å². The van der Waals surface area contributed by atoms with Crippen LogP contribution in [0.25, 0.3) is 10.9 Å². The minimum absolute atomic E-state index is 0.151. The van der Waals surface area contributed by atoms with Crippen LogP contribution in [0.5, 0.6) is 0 Å². The lowest BCUT2D eigenvalue weighted by Gasteiger charge is -2.20. The topological polar surface area (TPSA) is 39.3 Å². The smallest absolute Gasteiger partial charge is 0.253 e. The van der Waals surface area contributed by atoms with Gasteiger partial charge in [-0.05, 0) is 44.3 Å². The van der Waals surface area contributed by atoms with Crippen molar-refractivity contribution in [2.45, 2.75) is 6.42 Å². The summed E-state index contributed by atoms with van der Waals surface area (Å²) in [6.45, 7) is 3.70. The Labute approximate surface area is 113 Å². The van der Waals surface area contributed by atoms with Crippen LogP contribution < -0.4 is 0 Å². The first-order chi connectivity index (χ1) is 9.24. The van der Waals surface area contributed by atoms with Gasteiger partial charge in [-0.1, -0.05) is 0 Å². The van der Waals surface area contributed by atoms with Crippen LogP contribution in [0.3, 0.4) is 0 Å². The van der Waals surface area contributed by atoms with E-state index in [1.54, 1.807) is 0 Å². The molecule has 1 fully saturated rings. The van der Waals surface area contributed by atoms with Gasteiger partial charge in [0.2, 0.25) is 0 Å². The Morgan fingerprint density at radius 1 is 1.16 bits per heavy atom. The Morgan fingerprint density at radius 3 is 2.95 bits per heavy atom. The number of carbonyl (C=O) groups is 1.